The molecule has 0 spiro atoms. The third kappa shape index (κ3) is 12.8. The largest absolute Gasteiger partial charge is 0.490 e. The number of carboxylic acid groups (broad SMARTS) is 2. The number of nitrogens with one attached hydrogen (secondary N) is 1. The van der Waals surface area contributed by atoms with Gasteiger partial charge in [-0.1, -0.05) is 12.8 Å². The first kappa shape index (κ1) is 31.6. The first-order valence-electron chi connectivity index (χ1n) is 10.5. The summed E-state index contributed by atoms with van der Waals surface area (Å²) < 4.78 is 63.5. The van der Waals surface area contributed by atoms with Crippen LogP contribution in [0.4, 0.5) is 26.3 Å². The van der Waals surface area contributed by atoms with Gasteiger partial charge >= 0.3 is 24.3 Å². The Kier molecular flexibility index (Phi) is 13.2. The molecule has 14 heteroatoms. The molecule has 2 heterocycles. The van der Waals surface area contributed by atoms with Gasteiger partial charge in [-0.25, -0.2) is 9.59 Å². The normalized spacial score (nSPS) is 17.2. The fourth-order valence-electron chi connectivity index (χ4n) is 3.25. The number of aryl methyl sites for hydroxylation is 2. The number of hydrogen-bond acceptors (Lipinski definition) is 5. The summed E-state index contributed by atoms with van der Waals surface area (Å²) >= 11 is 0. The second-order valence-corrected chi connectivity index (χ2v) is 8.01. The van der Waals surface area contributed by atoms with Gasteiger partial charge in [-0.3, -0.25) is 5.10 Å². The van der Waals surface area contributed by atoms with Gasteiger partial charge in [0.1, 0.15) is 0 Å². The molecule has 198 valence electrons. The van der Waals surface area contributed by atoms with Crippen LogP contribution in [0.5, 0.6) is 0 Å². The molecule has 0 amide bonds. The third-order valence-electron chi connectivity index (χ3n) is 5.20. The number of rotatable bonds is 5. The van der Waals surface area contributed by atoms with Crippen molar-refractivity contribution in [3.8, 4) is 0 Å². The molecule has 34 heavy (non-hydrogen) atoms. The highest BCUT2D eigenvalue weighted by Crippen LogP contribution is 2.17. The van der Waals surface area contributed by atoms with Gasteiger partial charge in [0.05, 0.1) is 5.69 Å². The summed E-state index contributed by atoms with van der Waals surface area (Å²) in [5.74, 6) is -5.51. The van der Waals surface area contributed by atoms with Crippen molar-refractivity contribution in [3.63, 3.8) is 0 Å². The average Bonchev–Trinajstić information content (AvgIpc) is 2.88. The molecule has 2 rings (SSSR count). The fraction of sp³-hybridized carbons (Fsp3) is 0.750. The van der Waals surface area contributed by atoms with Crippen LogP contribution in [0.15, 0.2) is 0 Å². The maximum atomic E-state index is 10.6. The quantitative estimate of drug-likeness (QED) is 0.523. The van der Waals surface area contributed by atoms with Crippen LogP contribution in [0.2, 0.25) is 0 Å². The molecule has 1 aromatic rings. The SMILES string of the molecule is Cc1n[nH]c(C)c1CCN(C)CC1CCCCCN1C.O=C(O)C(F)(F)F.O=C(O)C(F)(F)F. The molecule has 1 aromatic heterocycles. The van der Waals surface area contributed by atoms with Crippen LogP contribution in [0.3, 0.4) is 0 Å². The number of aromatic nitrogens is 2. The van der Waals surface area contributed by atoms with Gasteiger partial charge < -0.3 is 20.0 Å². The van der Waals surface area contributed by atoms with Crippen LogP contribution in [0, 0.1) is 13.8 Å². The number of carboxylic acids is 2. The highest BCUT2D eigenvalue weighted by Gasteiger charge is 2.38. The molecule has 1 aliphatic rings. The van der Waals surface area contributed by atoms with E-state index >= 15 is 0 Å². The summed E-state index contributed by atoms with van der Waals surface area (Å²) in [4.78, 5) is 22.8. The maximum Gasteiger partial charge on any atom is 0.490 e. The van der Waals surface area contributed by atoms with Crippen LogP contribution in [-0.4, -0.2) is 94.3 Å². The van der Waals surface area contributed by atoms with E-state index in [1.165, 1.54) is 50.0 Å². The molecule has 0 aromatic carbocycles. The van der Waals surface area contributed by atoms with Gasteiger partial charge in [0.15, 0.2) is 0 Å². The molecular formula is C20H32F6N4O4. The number of alkyl halides is 6. The van der Waals surface area contributed by atoms with E-state index in [1.807, 2.05) is 0 Å². The Labute approximate surface area is 193 Å². The average molecular weight is 506 g/mol. The van der Waals surface area contributed by atoms with Crippen molar-refractivity contribution in [2.45, 2.75) is 64.3 Å². The Hall–Kier alpha value is -2.35. The van der Waals surface area contributed by atoms with Crippen molar-refractivity contribution in [1.29, 1.82) is 0 Å². The first-order chi connectivity index (χ1) is 15.5. The van der Waals surface area contributed by atoms with Crippen molar-refractivity contribution >= 4 is 11.9 Å². The molecule has 0 bridgehead atoms. The monoisotopic (exact) mass is 506 g/mol. The zero-order chi connectivity index (χ0) is 26.7. The molecule has 1 atom stereocenters. The minimum atomic E-state index is -5.08. The number of aromatic amines is 1. The molecule has 1 saturated heterocycles. The van der Waals surface area contributed by atoms with E-state index in [4.69, 9.17) is 19.8 Å². The van der Waals surface area contributed by atoms with Crippen LogP contribution in [-0.2, 0) is 16.0 Å². The zero-order valence-electron chi connectivity index (χ0n) is 19.6. The molecule has 0 radical (unpaired) electrons. The summed E-state index contributed by atoms with van der Waals surface area (Å²) in [7, 11) is 4.54. The number of halogens is 6. The summed E-state index contributed by atoms with van der Waals surface area (Å²) in [5, 5.41) is 21.6. The molecule has 1 aliphatic heterocycles. The number of aliphatic carboxylic acids is 2. The molecular weight excluding hydrogens is 474 g/mol. The Balaban J connectivity index is 0.000000642. The van der Waals surface area contributed by atoms with Gasteiger partial charge in [0.25, 0.3) is 0 Å². The number of hydrogen-bond donors (Lipinski definition) is 3. The van der Waals surface area contributed by atoms with Crippen molar-refractivity contribution < 1.29 is 46.1 Å². The number of carbonyl (C=O) groups is 2. The molecule has 1 unspecified atom stereocenters. The minimum absolute atomic E-state index is 0.731. The topological polar surface area (TPSA) is 110 Å². The van der Waals surface area contributed by atoms with Crippen LogP contribution in [0.1, 0.15) is 42.6 Å². The number of H-pyrrole nitrogens is 1. The Morgan fingerprint density at radius 2 is 1.56 bits per heavy atom. The Morgan fingerprint density at radius 1 is 1.06 bits per heavy atom. The number of likely N-dealkylation sites (tertiary alicyclic amines) is 1. The molecule has 0 aliphatic carbocycles. The predicted molar refractivity (Wildman–Crippen MR) is 112 cm³/mol. The standard InChI is InChI=1S/C16H30N4.2C2HF3O2/c1-13-16(14(2)18-17-13)9-11-19(3)12-15-8-6-5-7-10-20(15)4;2*3-2(4,5)1(6)7/h15H,5-12H2,1-4H3,(H,17,18);2*(H,6,7). The summed E-state index contributed by atoms with van der Waals surface area (Å²) in [5.41, 5.74) is 3.77. The lowest BCUT2D eigenvalue weighted by Crippen LogP contribution is -2.41. The molecule has 0 saturated carbocycles. The predicted octanol–water partition coefficient (Wildman–Crippen LogP) is 3.64. The van der Waals surface area contributed by atoms with E-state index < -0.39 is 24.3 Å². The van der Waals surface area contributed by atoms with Crippen molar-refractivity contribution in [1.82, 2.24) is 20.0 Å². The van der Waals surface area contributed by atoms with E-state index in [2.05, 4.69) is 47.9 Å². The van der Waals surface area contributed by atoms with Crippen molar-refractivity contribution in [3.05, 3.63) is 17.0 Å². The van der Waals surface area contributed by atoms with Gasteiger partial charge in [0.2, 0.25) is 0 Å². The fourth-order valence-corrected chi connectivity index (χ4v) is 3.25. The summed E-state index contributed by atoms with van der Waals surface area (Å²) in [6.07, 6.45) is -3.56. The highest BCUT2D eigenvalue weighted by atomic mass is 19.4. The Bertz CT molecular complexity index is 724. The second-order valence-electron chi connectivity index (χ2n) is 8.01. The van der Waals surface area contributed by atoms with E-state index in [0.717, 1.165) is 24.7 Å². The summed E-state index contributed by atoms with van der Waals surface area (Å²) in [6.45, 7) is 7.78. The zero-order valence-corrected chi connectivity index (χ0v) is 19.6. The van der Waals surface area contributed by atoms with E-state index in [-0.39, 0.29) is 0 Å². The molecule has 1 fully saturated rings. The number of nitrogens with zero attached hydrogens (tertiary/aromatic N) is 3. The van der Waals surface area contributed by atoms with Gasteiger partial charge in [-0.05, 0) is 59.3 Å². The van der Waals surface area contributed by atoms with E-state index in [0.29, 0.717) is 0 Å². The van der Waals surface area contributed by atoms with Crippen LogP contribution < -0.4 is 0 Å². The van der Waals surface area contributed by atoms with Crippen molar-refractivity contribution in [2.75, 3.05) is 33.7 Å². The van der Waals surface area contributed by atoms with Gasteiger partial charge in [0, 0.05) is 24.8 Å². The van der Waals surface area contributed by atoms with E-state index in [1.54, 1.807) is 0 Å². The maximum absolute atomic E-state index is 10.6. The minimum Gasteiger partial charge on any atom is -0.475 e. The highest BCUT2D eigenvalue weighted by molar-refractivity contribution is 5.73. The van der Waals surface area contributed by atoms with Crippen LogP contribution in [0.25, 0.3) is 0 Å². The van der Waals surface area contributed by atoms with Crippen molar-refractivity contribution in [2.24, 2.45) is 0 Å². The lowest BCUT2D eigenvalue weighted by atomic mass is 10.1. The van der Waals surface area contributed by atoms with Gasteiger partial charge in [-0.15, -0.1) is 0 Å². The smallest absolute Gasteiger partial charge is 0.475 e. The number of likely N-dealkylation sites (N-methyl/N-ethyl adjacent to an activating group) is 2. The van der Waals surface area contributed by atoms with E-state index in [9.17, 15) is 26.3 Å². The van der Waals surface area contributed by atoms with Gasteiger partial charge in [-0.2, -0.15) is 31.4 Å². The molecule has 8 nitrogen and oxygen atoms in total. The first-order valence-corrected chi connectivity index (χ1v) is 10.5. The summed E-state index contributed by atoms with van der Waals surface area (Å²) in [6, 6.07) is 0.731. The third-order valence-corrected chi connectivity index (χ3v) is 5.20. The second kappa shape index (κ2) is 14.1. The Morgan fingerprint density at radius 3 is 1.97 bits per heavy atom. The van der Waals surface area contributed by atoms with Crippen LogP contribution >= 0.6 is 0 Å². The molecule has 3 N–H and O–H groups in total. The lowest BCUT2D eigenvalue weighted by molar-refractivity contribution is -0.193. The lowest BCUT2D eigenvalue weighted by Gasteiger charge is -2.30.